The molecule has 0 spiro atoms. The van der Waals surface area contributed by atoms with E-state index in [1.165, 1.54) is 6.20 Å². The molecule has 1 aromatic rings. The molecule has 3 unspecified atom stereocenters. The first-order valence-corrected chi connectivity index (χ1v) is 14.8. The zero-order valence-corrected chi connectivity index (χ0v) is 25.5. The molecule has 3 aliphatic heterocycles. The van der Waals surface area contributed by atoms with Crippen LogP contribution in [0.2, 0.25) is 0 Å². The third-order valence-corrected chi connectivity index (χ3v) is 7.07. The van der Waals surface area contributed by atoms with Crippen molar-refractivity contribution in [3.63, 3.8) is 0 Å². The molecular weight excluding hydrogens is 569 g/mol. The number of rotatable bonds is 8. The second-order valence-corrected chi connectivity index (χ2v) is 10.3. The number of nitrogens with one attached hydrogen (secondary N) is 2. The lowest BCUT2D eigenvalue weighted by atomic mass is 10.0. The van der Waals surface area contributed by atoms with Gasteiger partial charge in [0.1, 0.15) is 5.82 Å². The van der Waals surface area contributed by atoms with Crippen LogP contribution >= 0.6 is 0 Å². The summed E-state index contributed by atoms with van der Waals surface area (Å²) in [4.78, 5) is 32.8. The normalized spacial score (nSPS) is 23.0. The maximum absolute atomic E-state index is 13.7. The van der Waals surface area contributed by atoms with E-state index in [2.05, 4.69) is 30.7 Å². The third kappa shape index (κ3) is 9.18. The highest BCUT2D eigenvalue weighted by Crippen LogP contribution is 2.31. The quantitative estimate of drug-likeness (QED) is 0.337. The molecule has 0 saturated carbocycles. The molecule has 3 atom stereocenters. The highest BCUT2D eigenvalue weighted by Gasteiger charge is 2.47. The van der Waals surface area contributed by atoms with Crippen LogP contribution in [0.15, 0.2) is 29.0 Å². The van der Waals surface area contributed by atoms with Crippen LogP contribution in [0.25, 0.3) is 0 Å². The Morgan fingerprint density at radius 2 is 1.95 bits per heavy atom. The highest BCUT2D eigenvalue weighted by molar-refractivity contribution is 5.87. The van der Waals surface area contributed by atoms with Crippen LogP contribution in [0.5, 0.6) is 0 Å². The predicted molar refractivity (Wildman–Crippen MR) is 154 cm³/mol. The molecule has 0 aromatic carbocycles. The Morgan fingerprint density at radius 1 is 1.19 bits per heavy atom. The van der Waals surface area contributed by atoms with E-state index in [9.17, 15) is 22.8 Å². The van der Waals surface area contributed by atoms with E-state index in [0.717, 1.165) is 12.8 Å². The van der Waals surface area contributed by atoms with Gasteiger partial charge in [-0.15, -0.1) is 10.2 Å². The molecule has 0 radical (unpaired) electrons. The van der Waals surface area contributed by atoms with E-state index in [0.29, 0.717) is 56.7 Å². The van der Waals surface area contributed by atoms with Gasteiger partial charge in [-0.05, 0) is 31.8 Å². The number of aliphatic imine (C=N–C) groups is 1. The van der Waals surface area contributed by atoms with Crippen molar-refractivity contribution in [2.24, 2.45) is 10.9 Å². The summed E-state index contributed by atoms with van der Waals surface area (Å²) in [5, 5.41) is 13.6. The molecular formula is C28H43F3N8O4. The first kappa shape index (κ1) is 33.9. The number of nitrogens with zero attached hydrogens (tertiary/aromatic N) is 6. The van der Waals surface area contributed by atoms with Gasteiger partial charge in [-0.2, -0.15) is 13.2 Å². The van der Waals surface area contributed by atoms with E-state index in [-0.39, 0.29) is 18.5 Å². The molecule has 3 aliphatic rings. The third-order valence-electron chi connectivity index (χ3n) is 7.07. The summed E-state index contributed by atoms with van der Waals surface area (Å²) in [6.45, 7) is 11.2. The summed E-state index contributed by atoms with van der Waals surface area (Å²) >= 11 is 0. The number of carbonyl (C=O) groups is 2. The summed E-state index contributed by atoms with van der Waals surface area (Å²) in [5.74, 6) is -0.0781. The number of hydrogen-bond acceptors (Lipinski definition) is 10. The van der Waals surface area contributed by atoms with Crippen molar-refractivity contribution < 1.29 is 32.2 Å². The Hall–Kier alpha value is -3.62. The van der Waals surface area contributed by atoms with Gasteiger partial charge in [0, 0.05) is 52.4 Å². The monoisotopic (exact) mass is 612 g/mol. The fourth-order valence-electron chi connectivity index (χ4n) is 5.02. The van der Waals surface area contributed by atoms with E-state index < -0.39 is 36.6 Å². The number of halogens is 3. The lowest BCUT2D eigenvalue weighted by Gasteiger charge is -2.37. The molecule has 4 heterocycles. The number of aromatic nitrogens is 3. The molecule has 1 aromatic heterocycles. The molecule has 4 rings (SSSR count). The topological polar surface area (TPSA) is 126 Å². The highest BCUT2D eigenvalue weighted by atomic mass is 19.4. The summed E-state index contributed by atoms with van der Waals surface area (Å²) in [7, 11) is 1.65. The van der Waals surface area contributed by atoms with Crippen LogP contribution in [0.4, 0.5) is 13.2 Å². The zero-order valence-electron chi connectivity index (χ0n) is 25.5. The van der Waals surface area contributed by atoms with Gasteiger partial charge in [-0.1, -0.05) is 26.8 Å². The number of likely N-dealkylation sites (tertiary alicyclic amines) is 1. The van der Waals surface area contributed by atoms with Crippen molar-refractivity contribution in [2.45, 2.75) is 78.4 Å². The average molecular weight is 613 g/mol. The molecule has 1 fully saturated rings. The number of fused-ring (bicyclic) bond motifs is 1. The Labute approximate surface area is 250 Å². The van der Waals surface area contributed by atoms with Crippen LogP contribution in [-0.4, -0.2) is 101 Å². The van der Waals surface area contributed by atoms with E-state index in [4.69, 9.17) is 9.47 Å². The van der Waals surface area contributed by atoms with Gasteiger partial charge in [0.05, 0.1) is 18.8 Å². The number of amidine groups is 1. The predicted octanol–water partition coefficient (Wildman–Crippen LogP) is 2.84. The molecule has 43 heavy (non-hydrogen) atoms. The van der Waals surface area contributed by atoms with Gasteiger partial charge >= 0.3 is 12.1 Å². The zero-order chi connectivity index (χ0) is 31.6. The first-order chi connectivity index (χ1) is 20.6. The second kappa shape index (κ2) is 15.7. The Morgan fingerprint density at radius 3 is 2.63 bits per heavy atom. The first-order valence-electron chi connectivity index (χ1n) is 14.8. The van der Waals surface area contributed by atoms with Gasteiger partial charge in [-0.25, -0.2) is 9.79 Å². The van der Waals surface area contributed by atoms with Gasteiger partial charge in [0.25, 0.3) is 11.9 Å². The maximum atomic E-state index is 13.7. The molecule has 240 valence electrons. The number of amides is 1. The van der Waals surface area contributed by atoms with Crippen molar-refractivity contribution in [3.05, 3.63) is 35.7 Å². The Balaban J connectivity index is 0.00000248. The van der Waals surface area contributed by atoms with Gasteiger partial charge in [0.15, 0.2) is 12.1 Å². The van der Waals surface area contributed by atoms with Crippen molar-refractivity contribution >= 4 is 17.9 Å². The number of alkyl halides is 3. The van der Waals surface area contributed by atoms with Crippen molar-refractivity contribution in [1.82, 2.24) is 35.2 Å². The number of esters is 1. The summed E-state index contributed by atoms with van der Waals surface area (Å²) < 4.78 is 53.6. The molecule has 1 saturated heterocycles. The molecule has 2 N–H and O–H groups in total. The number of ether oxygens (including phenoxy) is 2. The summed E-state index contributed by atoms with van der Waals surface area (Å²) in [5.41, 5.74) is 0.366. The fraction of sp³-hybridized carbons (Fsp3) is 0.679. The number of piperidine rings is 1. The minimum absolute atomic E-state index is 0.121. The lowest BCUT2D eigenvalue weighted by molar-refractivity contribution is -0.160. The maximum Gasteiger partial charge on any atom is 0.411 e. The SMILES string of the molecule is CC.CCOC(=O)c1nnc2n1CCN(C/C=C\C(=C/NC)NC(=O)C1CC(C(F)(F)F)N=C(N3CCCC(C)C3)O1)C2. The minimum Gasteiger partial charge on any atom is -0.460 e. The molecule has 12 nitrogen and oxygen atoms in total. The number of hydrogen-bond donors (Lipinski definition) is 2. The summed E-state index contributed by atoms with van der Waals surface area (Å²) in [6, 6.07) is -2.14. The van der Waals surface area contributed by atoms with Gasteiger partial charge < -0.3 is 29.6 Å². The Kier molecular flexibility index (Phi) is 12.4. The van der Waals surface area contributed by atoms with Crippen LogP contribution in [0.1, 0.15) is 63.4 Å². The van der Waals surface area contributed by atoms with E-state index in [1.54, 1.807) is 29.5 Å². The smallest absolute Gasteiger partial charge is 0.411 e. The Bertz CT molecular complexity index is 1180. The van der Waals surface area contributed by atoms with Crippen LogP contribution < -0.4 is 10.6 Å². The molecule has 1 amide bonds. The molecule has 0 bridgehead atoms. The van der Waals surface area contributed by atoms with Crippen molar-refractivity contribution in [2.75, 3.05) is 39.8 Å². The van der Waals surface area contributed by atoms with E-state index in [1.807, 2.05) is 26.8 Å². The standard InChI is InChI=1S/C26H37F3N8O4.C2H6/c1-4-40-24(39)22-34-33-21-16-35(11-12-37(21)22)9-6-8-18(14-30-3)31-23(38)19-13-20(26(27,28)29)32-25(41-19)36-10-5-7-17(2)15-36;1-2/h6,8,14,17,19-20,30H,4-5,7,9-13,15-16H2,1-3H3,(H,31,38);1-2H3/b8-6-,18-14+;. The van der Waals surface area contributed by atoms with Crippen LogP contribution in [0, 0.1) is 5.92 Å². The second-order valence-electron chi connectivity index (χ2n) is 10.3. The summed E-state index contributed by atoms with van der Waals surface area (Å²) in [6.07, 6.45) is 0.300. The van der Waals surface area contributed by atoms with Gasteiger partial charge in [-0.3, -0.25) is 9.69 Å². The van der Waals surface area contributed by atoms with Crippen molar-refractivity contribution in [3.8, 4) is 0 Å². The lowest BCUT2D eigenvalue weighted by Crippen LogP contribution is -2.51. The average Bonchev–Trinajstić information content (AvgIpc) is 3.41. The number of allylic oxidation sites excluding steroid dienone is 1. The minimum atomic E-state index is -4.59. The van der Waals surface area contributed by atoms with E-state index >= 15 is 0 Å². The molecule has 0 aliphatic carbocycles. The van der Waals surface area contributed by atoms with Crippen LogP contribution in [0.3, 0.4) is 0 Å². The van der Waals surface area contributed by atoms with Crippen LogP contribution in [-0.2, 0) is 27.4 Å². The number of carbonyl (C=O) groups excluding carboxylic acids is 2. The largest absolute Gasteiger partial charge is 0.460 e. The van der Waals surface area contributed by atoms with Crippen molar-refractivity contribution in [1.29, 1.82) is 0 Å². The fourth-order valence-corrected chi connectivity index (χ4v) is 5.02. The molecule has 15 heteroatoms. The van der Waals surface area contributed by atoms with Gasteiger partial charge in [0.2, 0.25) is 5.82 Å².